The van der Waals surface area contributed by atoms with E-state index in [-0.39, 0.29) is 0 Å². The Morgan fingerprint density at radius 3 is 2.90 bits per heavy atom. The summed E-state index contributed by atoms with van der Waals surface area (Å²) >= 11 is 0. The van der Waals surface area contributed by atoms with Crippen molar-refractivity contribution in [3.8, 4) is 0 Å². The van der Waals surface area contributed by atoms with Crippen molar-refractivity contribution in [2.24, 2.45) is 23.0 Å². The van der Waals surface area contributed by atoms with Gasteiger partial charge in [-0.05, 0) is 36.6 Å². The fraction of sp³-hybridized carbons (Fsp3) is 1.00. The van der Waals surface area contributed by atoms with Gasteiger partial charge in [-0.25, -0.2) is 0 Å². The molecule has 0 aromatic rings. The van der Waals surface area contributed by atoms with E-state index in [2.05, 4.69) is 6.92 Å². The van der Waals surface area contributed by atoms with Gasteiger partial charge < -0.3 is 5.73 Å². The van der Waals surface area contributed by atoms with Crippen LogP contribution in [0.2, 0.25) is 0 Å². The zero-order valence-electron chi connectivity index (χ0n) is 6.77. The molecule has 0 unspecified atom stereocenters. The summed E-state index contributed by atoms with van der Waals surface area (Å²) in [7, 11) is 0. The van der Waals surface area contributed by atoms with E-state index in [1.807, 2.05) is 0 Å². The summed E-state index contributed by atoms with van der Waals surface area (Å²) in [6, 6.07) is 0. The molecule has 2 aliphatic carbocycles. The van der Waals surface area contributed by atoms with Crippen molar-refractivity contribution in [3.63, 3.8) is 0 Å². The molecule has 1 nitrogen and oxygen atoms in total. The second kappa shape index (κ2) is 1.97. The summed E-state index contributed by atoms with van der Waals surface area (Å²) in [6.07, 6.45) is 5.82. The second-order valence-corrected chi connectivity index (χ2v) is 4.36. The fourth-order valence-corrected chi connectivity index (χ4v) is 3.02. The quantitative estimate of drug-likeness (QED) is 0.588. The molecule has 0 amide bonds. The molecular formula is C9H17N. The molecule has 0 aliphatic heterocycles. The minimum atomic E-state index is 0.543. The monoisotopic (exact) mass is 139 g/mol. The lowest BCUT2D eigenvalue weighted by Crippen LogP contribution is -2.47. The Balaban J connectivity index is 2.05. The van der Waals surface area contributed by atoms with Crippen molar-refractivity contribution in [1.82, 2.24) is 0 Å². The first-order valence-corrected chi connectivity index (χ1v) is 4.46. The molecule has 0 spiro atoms. The van der Waals surface area contributed by atoms with E-state index in [1.165, 1.54) is 25.7 Å². The molecule has 58 valence electrons. The van der Waals surface area contributed by atoms with Gasteiger partial charge in [0.05, 0.1) is 0 Å². The van der Waals surface area contributed by atoms with Crippen LogP contribution in [0.15, 0.2) is 0 Å². The van der Waals surface area contributed by atoms with Gasteiger partial charge in [0.2, 0.25) is 0 Å². The van der Waals surface area contributed by atoms with Crippen molar-refractivity contribution in [2.45, 2.75) is 32.6 Å². The summed E-state index contributed by atoms with van der Waals surface area (Å²) in [4.78, 5) is 0. The summed E-state index contributed by atoms with van der Waals surface area (Å²) in [5.74, 6) is 2.06. The van der Waals surface area contributed by atoms with Crippen LogP contribution in [0.5, 0.6) is 0 Å². The average molecular weight is 139 g/mol. The van der Waals surface area contributed by atoms with Gasteiger partial charge >= 0.3 is 0 Å². The maximum Gasteiger partial charge on any atom is -0.00203 e. The summed E-state index contributed by atoms with van der Waals surface area (Å²) < 4.78 is 0. The third-order valence-electron chi connectivity index (χ3n) is 3.75. The van der Waals surface area contributed by atoms with Crippen molar-refractivity contribution in [3.05, 3.63) is 0 Å². The lowest BCUT2D eigenvalue weighted by molar-refractivity contribution is 0.00525. The Morgan fingerprint density at radius 1 is 1.50 bits per heavy atom. The zero-order chi connectivity index (χ0) is 7.19. The predicted molar refractivity (Wildman–Crippen MR) is 42.6 cm³/mol. The molecular weight excluding hydrogens is 122 g/mol. The maximum absolute atomic E-state index is 5.72. The van der Waals surface area contributed by atoms with E-state index in [0.717, 1.165) is 18.4 Å². The van der Waals surface area contributed by atoms with E-state index in [9.17, 15) is 0 Å². The summed E-state index contributed by atoms with van der Waals surface area (Å²) in [5.41, 5.74) is 6.27. The zero-order valence-corrected chi connectivity index (χ0v) is 6.77. The first-order valence-electron chi connectivity index (χ1n) is 4.46. The molecule has 2 aliphatic rings. The normalized spacial score (nSPS) is 52.2. The van der Waals surface area contributed by atoms with E-state index in [0.29, 0.717) is 5.41 Å². The minimum absolute atomic E-state index is 0.543. The molecule has 0 aromatic carbocycles. The van der Waals surface area contributed by atoms with Crippen LogP contribution in [-0.2, 0) is 0 Å². The van der Waals surface area contributed by atoms with Crippen LogP contribution in [0, 0.1) is 17.3 Å². The van der Waals surface area contributed by atoms with Crippen LogP contribution >= 0.6 is 0 Å². The highest BCUT2D eigenvalue weighted by molar-refractivity contribution is 5.01. The van der Waals surface area contributed by atoms with Crippen LogP contribution in [0.4, 0.5) is 0 Å². The van der Waals surface area contributed by atoms with Gasteiger partial charge in [-0.15, -0.1) is 0 Å². The van der Waals surface area contributed by atoms with Crippen LogP contribution in [0.1, 0.15) is 32.6 Å². The molecule has 2 rings (SSSR count). The molecule has 2 fully saturated rings. The van der Waals surface area contributed by atoms with Crippen molar-refractivity contribution in [2.75, 3.05) is 6.54 Å². The minimum Gasteiger partial charge on any atom is -0.330 e. The topological polar surface area (TPSA) is 26.0 Å². The van der Waals surface area contributed by atoms with Crippen LogP contribution < -0.4 is 5.73 Å². The Bertz CT molecular complexity index is 144. The Kier molecular flexibility index (Phi) is 1.31. The largest absolute Gasteiger partial charge is 0.330 e. The molecule has 0 saturated heterocycles. The van der Waals surface area contributed by atoms with E-state index in [1.54, 1.807) is 0 Å². The molecule has 1 heteroatoms. The van der Waals surface area contributed by atoms with Crippen LogP contribution in [0.3, 0.4) is 0 Å². The Morgan fingerprint density at radius 2 is 2.30 bits per heavy atom. The fourth-order valence-electron chi connectivity index (χ4n) is 3.02. The van der Waals surface area contributed by atoms with Crippen molar-refractivity contribution >= 4 is 0 Å². The highest BCUT2D eigenvalue weighted by Gasteiger charge is 2.51. The predicted octanol–water partition coefficient (Wildman–Crippen LogP) is 1.77. The van der Waals surface area contributed by atoms with E-state index >= 15 is 0 Å². The van der Waals surface area contributed by atoms with E-state index < -0.39 is 0 Å². The molecule has 0 heterocycles. The number of hydrogen-bond donors (Lipinski definition) is 1. The second-order valence-electron chi connectivity index (χ2n) is 4.36. The Hall–Kier alpha value is -0.0400. The number of nitrogens with two attached hydrogens (primary N) is 1. The third kappa shape index (κ3) is 0.672. The van der Waals surface area contributed by atoms with Crippen LogP contribution in [-0.4, -0.2) is 6.54 Å². The first kappa shape index (κ1) is 6.66. The lowest BCUT2D eigenvalue weighted by Gasteiger charge is -2.50. The molecule has 2 N–H and O–H groups in total. The van der Waals surface area contributed by atoms with Gasteiger partial charge in [-0.3, -0.25) is 0 Å². The first-order chi connectivity index (χ1) is 4.76. The van der Waals surface area contributed by atoms with Gasteiger partial charge in [0.25, 0.3) is 0 Å². The molecule has 0 bridgehead atoms. The van der Waals surface area contributed by atoms with Crippen LogP contribution in [0.25, 0.3) is 0 Å². The highest BCUT2D eigenvalue weighted by atomic mass is 14.7. The smallest absolute Gasteiger partial charge is 0.00203 e. The SMILES string of the molecule is C[C@@]1(CN)C[C@H]2CCC[C@H]21. The third-order valence-corrected chi connectivity index (χ3v) is 3.75. The summed E-state index contributed by atoms with van der Waals surface area (Å²) in [5, 5.41) is 0. The van der Waals surface area contributed by atoms with Gasteiger partial charge in [-0.2, -0.15) is 0 Å². The Labute approximate surface area is 63.0 Å². The number of rotatable bonds is 1. The van der Waals surface area contributed by atoms with Gasteiger partial charge in [0, 0.05) is 0 Å². The molecule has 10 heavy (non-hydrogen) atoms. The van der Waals surface area contributed by atoms with E-state index in [4.69, 9.17) is 5.73 Å². The average Bonchev–Trinajstić information content (AvgIpc) is 2.30. The van der Waals surface area contributed by atoms with Gasteiger partial charge in [0.1, 0.15) is 0 Å². The number of fused-ring (bicyclic) bond motifs is 1. The standard InChI is InChI=1S/C9H17N/c1-9(6-10)5-7-3-2-4-8(7)9/h7-8H,2-6,10H2,1H3/t7-,8-,9+/m1/s1. The molecule has 2 saturated carbocycles. The van der Waals surface area contributed by atoms with Gasteiger partial charge in [-0.1, -0.05) is 19.8 Å². The molecule has 0 radical (unpaired) electrons. The lowest BCUT2D eigenvalue weighted by atomic mass is 9.56. The van der Waals surface area contributed by atoms with Crippen molar-refractivity contribution in [1.29, 1.82) is 0 Å². The maximum atomic E-state index is 5.72. The molecule has 3 atom stereocenters. The summed E-state index contributed by atoms with van der Waals surface area (Å²) in [6.45, 7) is 3.27. The highest BCUT2D eigenvalue weighted by Crippen LogP contribution is 2.58. The number of hydrogen-bond acceptors (Lipinski definition) is 1. The van der Waals surface area contributed by atoms with Gasteiger partial charge in [0.15, 0.2) is 0 Å². The van der Waals surface area contributed by atoms with Crippen molar-refractivity contribution < 1.29 is 0 Å². The molecule has 0 aromatic heterocycles.